The minimum Gasteiger partial charge on any atom is -0.0617 e. The average Bonchev–Trinajstić information content (AvgIpc) is 2.27. The van der Waals surface area contributed by atoms with Crippen LogP contribution in [0.5, 0.6) is 0 Å². The van der Waals surface area contributed by atoms with Crippen LogP contribution in [0.4, 0.5) is 0 Å². The summed E-state index contributed by atoms with van der Waals surface area (Å²) in [6.07, 6.45) is 0. The Morgan fingerprint density at radius 2 is 1.67 bits per heavy atom. The summed E-state index contributed by atoms with van der Waals surface area (Å²) in [6, 6.07) is 6.75. The second kappa shape index (κ2) is 2.87. The van der Waals surface area contributed by atoms with E-state index in [-0.39, 0.29) is 5.41 Å². The molecule has 0 bridgehead atoms. The van der Waals surface area contributed by atoms with Gasteiger partial charge in [-0.05, 0) is 40.4 Å². The lowest BCUT2D eigenvalue weighted by molar-refractivity contribution is 0.190. The van der Waals surface area contributed by atoms with Gasteiger partial charge >= 0.3 is 0 Å². The molecule has 0 amide bonds. The standard InChI is InChI=1S/C15H22/c1-10-8-7-9-12-11(2)14(3,4)15(5,6)13(10)12/h7-9,11H,1-6H3. The predicted octanol–water partition coefficient (Wildman–Crippen LogP) is 4.42. The van der Waals surface area contributed by atoms with E-state index in [2.05, 4.69) is 59.7 Å². The number of hydrogen-bond donors (Lipinski definition) is 0. The second-order valence-electron chi connectivity index (χ2n) is 6.11. The van der Waals surface area contributed by atoms with Crippen molar-refractivity contribution in [2.45, 2.75) is 52.9 Å². The minimum atomic E-state index is 0.285. The van der Waals surface area contributed by atoms with Gasteiger partial charge in [0.15, 0.2) is 0 Å². The summed E-state index contributed by atoms with van der Waals surface area (Å²) in [5.41, 5.74) is 5.23. The van der Waals surface area contributed by atoms with Crippen molar-refractivity contribution < 1.29 is 0 Å². The van der Waals surface area contributed by atoms with E-state index >= 15 is 0 Å². The Morgan fingerprint density at radius 3 is 2.20 bits per heavy atom. The SMILES string of the molecule is Cc1cccc2c1C(C)(C)C(C)(C)C2C. The van der Waals surface area contributed by atoms with Gasteiger partial charge in [-0.3, -0.25) is 0 Å². The highest BCUT2D eigenvalue weighted by atomic mass is 14.5. The first-order chi connectivity index (χ1) is 6.80. The van der Waals surface area contributed by atoms with Crippen molar-refractivity contribution >= 4 is 0 Å². The van der Waals surface area contributed by atoms with Gasteiger partial charge < -0.3 is 0 Å². The van der Waals surface area contributed by atoms with Crippen LogP contribution in [0.2, 0.25) is 0 Å². The van der Waals surface area contributed by atoms with Gasteiger partial charge in [-0.25, -0.2) is 0 Å². The number of fused-ring (bicyclic) bond motifs is 1. The Hall–Kier alpha value is -0.780. The molecule has 0 nitrogen and oxygen atoms in total. The van der Waals surface area contributed by atoms with E-state index in [1.165, 1.54) is 5.56 Å². The highest BCUT2D eigenvalue weighted by molar-refractivity contribution is 5.49. The average molecular weight is 202 g/mol. The molecule has 0 heteroatoms. The van der Waals surface area contributed by atoms with Gasteiger partial charge in [0.2, 0.25) is 0 Å². The molecule has 0 saturated carbocycles. The summed E-state index contributed by atoms with van der Waals surface area (Å²) in [6.45, 7) is 14.2. The fourth-order valence-electron chi connectivity index (χ4n) is 3.16. The van der Waals surface area contributed by atoms with Crippen molar-refractivity contribution in [2.24, 2.45) is 5.41 Å². The minimum absolute atomic E-state index is 0.285. The van der Waals surface area contributed by atoms with Crippen LogP contribution in [0, 0.1) is 12.3 Å². The molecule has 2 rings (SSSR count). The molecular formula is C15H22. The monoisotopic (exact) mass is 202 g/mol. The van der Waals surface area contributed by atoms with Crippen molar-refractivity contribution in [2.75, 3.05) is 0 Å². The van der Waals surface area contributed by atoms with E-state index in [1.54, 1.807) is 11.1 Å². The quantitative estimate of drug-likeness (QED) is 0.584. The zero-order chi connectivity index (χ0) is 11.4. The maximum atomic E-state index is 2.40. The Kier molecular flexibility index (Phi) is 2.05. The van der Waals surface area contributed by atoms with Crippen LogP contribution in [-0.4, -0.2) is 0 Å². The van der Waals surface area contributed by atoms with E-state index in [0.29, 0.717) is 11.3 Å². The molecule has 15 heavy (non-hydrogen) atoms. The third-order valence-corrected chi connectivity index (χ3v) is 5.09. The molecule has 1 aromatic carbocycles. The lowest BCUT2D eigenvalue weighted by atomic mass is 9.65. The molecule has 0 saturated heterocycles. The molecular weight excluding hydrogens is 180 g/mol. The number of benzene rings is 1. The molecule has 82 valence electrons. The molecule has 1 aliphatic rings. The van der Waals surface area contributed by atoms with Crippen molar-refractivity contribution in [3.05, 3.63) is 34.9 Å². The van der Waals surface area contributed by atoms with Crippen LogP contribution in [0.15, 0.2) is 18.2 Å². The molecule has 0 radical (unpaired) electrons. The maximum absolute atomic E-state index is 2.40. The van der Waals surface area contributed by atoms with E-state index in [1.807, 2.05) is 0 Å². The summed E-state index contributed by atoms with van der Waals surface area (Å²) in [4.78, 5) is 0. The number of hydrogen-bond acceptors (Lipinski definition) is 0. The zero-order valence-corrected chi connectivity index (χ0v) is 10.8. The topological polar surface area (TPSA) is 0 Å². The molecule has 0 N–H and O–H groups in total. The number of rotatable bonds is 0. The van der Waals surface area contributed by atoms with Gasteiger partial charge in [0, 0.05) is 0 Å². The highest BCUT2D eigenvalue weighted by Crippen LogP contribution is 2.58. The third kappa shape index (κ3) is 1.14. The predicted molar refractivity (Wildman–Crippen MR) is 66.4 cm³/mol. The Balaban J connectivity index is 2.75. The molecule has 1 aromatic rings. The van der Waals surface area contributed by atoms with E-state index in [9.17, 15) is 0 Å². The Bertz CT molecular complexity index is 396. The lowest BCUT2D eigenvalue weighted by Gasteiger charge is -2.39. The molecule has 0 heterocycles. The fourth-order valence-corrected chi connectivity index (χ4v) is 3.16. The first kappa shape index (κ1) is 10.7. The summed E-state index contributed by atoms with van der Waals surface area (Å²) >= 11 is 0. The van der Waals surface area contributed by atoms with Gasteiger partial charge in [0.1, 0.15) is 0 Å². The Labute approximate surface area is 93.7 Å². The van der Waals surface area contributed by atoms with Gasteiger partial charge in [-0.15, -0.1) is 0 Å². The van der Waals surface area contributed by atoms with Crippen molar-refractivity contribution in [3.8, 4) is 0 Å². The molecule has 1 aliphatic carbocycles. The summed E-state index contributed by atoms with van der Waals surface area (Å²) in [7, 11) is 0. The lowest BCUT2D eigenvalue weighted by Crippen LogP contribution is -2.34. The van der Waals surface area contributed by atoms with Crippen LogP contribution in [-0.2, 0) is 5.41 Å². The summed E-state index contributed by atoms with van der Waals surface area (Å²) < 4.78 is 0. The first-order valence-corrected chi connectivity index (χ1v) is 5.90. The van der Waals surface area contributed by atoms with Crippen LogP contribution in [0.1, 0.15) is 57.2 Å². The normalized spacial score (nSPS) is 26.4. The Morgan fingerprint density at radius 1 is 1.07 bits per heavy atom. The van der Waals surface area contributed by atoms with Gasteiger partial charge in [-0.2, -0.15) is 0 Å². The molecule has 0 fully saturated rings. The van der Waals surface area contributed by atoms with Crippen LogP contribution in [0.25, 0.3) is 0 Å². The fraction of sp³-hybridized carbons (Fsp3) is 0.600. The van der Waals surface area contributed by atoms with Gasteiger partial charge in [-0.1, -0.05) is 52.8 Å². The van der Waals surface area contributed by atoms with E-state index < -0.39 is 0 Å². The molecule has 1 unspecified atom stereocenters. The highest BCUT2D eigenvalue weighted by Gasteiger charge is 2.50. The second-order valence-corrected chi connectivity index (χ2v) is 6.11. The van der Waals surface area contributed by atoms with E-state index in [4.69, 9.17) is 0 Å². The molecule has 0 aromatic heterocycles. The molecule has 0 aliphatic heterocycles. The van der Waals surface area contributed by atoms with Crippen LogP contribution in [0.3, 0.4) is 0 Å². The summed E-state index contributed by atoms with van der Waals surface area (Å²) in [5.74, 6) is 0.655. The van der Waals surface area contributed by atoms with Gasteiger partial charge in [0.25, 0.3) is 0 Å². The molecule has 0 spiro atoms. The third-order valence-electron chi connectivity index (χ3n) is 5.09. The van der Waals surface area contributed by atoms with Crippen LogP contribution >= 0.6 is 0 Å². The molecule has 1 atom stereocenters. The van der Waals surface area contributed by atoms with Crippen molar-refractivity contribution in [1.29, 1.82) is 0 Å². The van der Waals surface area contributed by atoms with Crippen molar-refractivity contribution in [1.82, 2.24) is 0 Å². The van der Waals surface area contributed by atoms with Crippen molar-refractivity contribution in [3.63, 3.8) is 0 Å². The smallest absolute Gasteiger partial charge is 0.00413 e. The summed E-state index contributed by atoms with van der Waals surface area (Å²) in [5, 5.41) is 0. The van der Waals surface area contributed by atoms with Gasteiger partial charge in [0.05, 0.1) is 0 Å². The largest absolute Gasteiger partial charge is 0.0617 e. The first-order valence-electron chi connectivity index (χ1n) is 5.90. The van der Waals surface area contributed by atoms with Crippen LogP contribution < -0.4 is 0 Å². The maximum Gasteiger partial charge on any atom is -0.00413 e. The zero-order valence-electron chi connectivity index (χ0n) is 10.8. The van der Waals surface area contributed by atoms with E-state index in [0.717, 1.165) is 0 Å². The number of aryl methyl sites for hydroxylation is 1.